The van der Waals surface area contributed by atoms with Gasteiger partial charge in [-0.15, -0.1) is 0 Å². The number of rotatable bonds is 3. The molecule has 0 heterocycles. The van der Waals surface area contributed by atoms with E-state index in [4.69, 9.17) is 5.26 Å². The number of phenols is 1. The van der Waals surface area contributed by atoms with E-state index in [2.05, 4.69) is 4.72 Å². The van der Waals surface area contributed by atoms with E-state index < -0.39 is 10.0 Å². The Hall–Kier alpha value is -2.52. The molecule has 20 heavy (non-hydrogen) atoms. The van der Waals surface area contributed by atoms with Crippen LogP contribution < -0.4 is 4.72 Å². The average Bonchev–Trinajstić information content (AvgIpc) is 2.44. The number of para-hydroxylation sites is 1. The topological polar surface area (TPSA) is 90.2 Å². The maximum Gasteiger partial charge on any atom is 0.262 e. The molecule has 0 unspecified atom stereocenters. The van der Waals surface area contributed by atoms with Crippen molar-refractivity contribution in [1.29, 1.82) is 5.26 Å². The number of phenolic OH excluding ortho intramolecular Hbond substituents is 1. The van der Waals surface area contributed by atoms with Gasteiger partial charge in [0.2, 0.25) is 0 Å². The van der Waals surface area contributed by atoms with E-state index in [-0.39, 0.29) is 16.3 Å². The van der Waals surface area contributed by atoms with Crippen molar-refractivity contribution in [2.24, 2.45) is 0 Å². The third-order valence-electron chi connectivity index (χ3n) is 2.78. The molecule has 0 radical (unpaired) electrons. The summed E-state index contributed by atoms with van der Waals surface area (Å²) in [6, 6.07) is 12.2. The molecule has 0 saturated heterocycles. The lowest BCUT2D eigenvalue weighted by Gasteiger charge is -2.10. The number of nitrogens with zero attached hydrogens (tertiary/aromatic N) is 1. The van der Waals surface area contributed by atoms with E-state index in [1.807, 2.05) is 6.07 Å². The van der Waals surface area contributed by atoms with Gasteiger partial charge in [0, 0.05) is 0 Å². The molecule has 0 bridgehead atoms. The van der Waals surface area contributed by atoms with Gasteiger partial charge in [-0.3, -0.25) is 4.72 Å². The molecule has 2 aromatic carbocycles. The van der Waals surface area contributed by atoms with Crippen molar-refractivity contribution in [2.45, 2.75) is 11.8 Å². The highest BCUT2D eigenvalue weighted by atomic mass is 32.2. The van der Waals surface area contributed by atoms with Crippen LogP contribution in [0.25, 0.3) is 0 Å². The standard InChI is InChI=1S/C14H12N2O3S/c1-10-3-2-4-13(14(10)17)16-20(18,19)12-7-5-11(9-15)6-8-12/h2-8,16-17H,1H3. The largest absolute Gasteiger partial charge is 0.505 e. The zero-order valence-corrected chi connectivity index (χ0v) is 11.5. The summed E-state index contributed by atoms with van der Waals surface area (Å²) in [6.07, 6.45) is 0. The fourth-order valence-electron chi connectivity index (χ4n) is 1.65. The van der Waals surface area contributed by atoms with Gasteiger partial charge < -0.3 is 5.11 Å². The number of anilines is 1. The van der Waals surface area contributed by atoms with Crippen LogP contribution in [-0.2, 0) is 10.0 Å². The Morgan fingerprint density at radius 2 is 1.80 bits per heavy atom. The highest BCUT2D eigenvalue weighted by Gasteiger charge is 2.16. The number of aryl methyl sites for hydroxylation is 1. The first kappa shape index (κ1) is 13.9. The Balaban J connectivity index is 2.36. The summed E-state index contributed by atoms with van der Waals surface area (Å²) >= 11 is 0. The summed E-state index contributed by atoms with van der Waals surface area (Å²) in [5.41, 5.74) is 1.07. The molecular weight excluding hydrogens is 276 g/mol. The van der Waals surface area contributed by atoms with Gasteiger partial charge in [-0.2, -0.15) is 5.26 Å². The molecule has 0 fully saturated rings. The van der Waals surface area contributed by atoms with E-state index >= 15 is 0 Å². The van der Waals surface area contributed by atoms with Crippen molar-refractivity contribution < 1.29 is 13.5 Å². The predicted octanol–water partition coefficient (Wildman–Crippen LogP) is 2.37. The second kappa shape index (κ2) is 5.23. The van der Waals surface area contributed by atoms with Crippen LogP contribution in [0.3, 0.4) is 0 Å². The van der Waals surface area contributed by atoms with Crippen LogP contribution in [0, 0.1) is 18.3 Å². The van der Waals surface area contributed by atoms with Crippen molar-refractivity contribution in [2.75, 3.05) is 4.72 Å². The van der Waals surface area contributed by atoms with Crippen molar-refractivity contribution >= 4 is 15.7 Å². The van der Waals surface area contributed by atoms with Crippen LogP contribution in [0.2, 0.25) is 0 Å². The second-order valence-corrected chi connectivity index (χ2v) is 5.90. The van der Waals surface area contributed by atoms with E-state index in [0.29, 0.717) is 11.1 Å². The lowest BCUT2D eigenvalue weighted by Crippen LogP contribution is -2.13. The van der Waals surface area contributed by atoms with Gasteiger partial charge in [0.25, 0.3) is 10.0 Å². The van der Waals surface area contributed by atoms with Gasteiger partial charge in [0.05, 0.1) is 22.2 Å². The normalized spacial score (nSPS) is 10.8. The molecule has 0 spiro atoms. The number of nitriles is 1. The SMILES string of the molecule is Cc1cccc(NS(=O)(=O)c2ccc(C#N)cc2)c1O. The second-order valence-electron chi connectivity index (χ2n) is 4.21. The minimum Gasteiger partial charge on any atom is -0.505 e. The predicted molar refractivity (Wildman–Crippen MR) is 74.8 cm³/mol. The van der Waals surface area contributed by atoms with E-state index in [9.17, 15) is 13.5 Å². The van der Waals surface area contributed by atoms with Gasteiger partial charge in [-0.25, -0.2) is 8.42 Å². The molecule has 5 nitrogen and oxygen atoms in total. The summed E-state index contributed by atoms with van der Waals surface area (Å²) in [6.45, 7) is 1.68. The quantitative estimate of drug-likeness (QED) is 0.848. The fraction of sp³-hybridized carbons (Fsp3) is 0.0714. The molecule has 0 aliphatic rings. The minimum absolute atomic E-state index is 0.0254. The van der Waals surface area contributed by atoms with Crippen LogP contribution in [0.15, 0.2) is 47.4 Å². The lowest BCUT2D eigenvalue weighted by molar-refractivity contribution is 0.473. The summed E-state index contributed by atoms with van der Waals surface area (Å²) < 4.78 is 26.6. The fourth-order valence-corrected chi connectivity index (χ4v) is 2.72. The molecule has 2 N–H and O–H groups in total. The Labute approximate surface area is 117 Å². The highest BCUT2D eigenvalue weighted by Crippen LogP contribution is 2.28. The van der Waals surface area contributed by atoms with E-state index in [1.54, 1.807) is 19.1 Å². The molecule has 0 aliphatic carbocycles. The molecule has 0 atom stereocenters. The number of hydrogen-bond donors (Lipinski definition) is 2. The van der Waals surface area contributed by atoms with Crippen molar-refractivity contribution in [3.05, 3.63) is 53.6 Å². The number of sulfonamides is 1. The van der Waals surface area contributed by atoms with E-state index in [0.717, 1.165) is 0 Å². The number of nitrogens with one attached hydrogen (secondary N) is 1. The highest BCUT2D eigenvalue weighted by molar-refractivity contribution is 7.92. The van der Waals surface area contributed by atoms with Crippen molar-refractivity contribution in [3.8, 4) is 11.8 Å². The molecule has 0 aliphatic heterocycles. The smallest absolute Gasteiger partial charge is 0.262 e. The first-order valence-corrected chi connectivity index (χ1v) is 7.24. The zero-order chi connectivity index (χ0) is 14.8. The number of hydrogen-bond acceptors (Lipinski definition) is 4. The molecule has 0 amide bonds. The van der Waals surface area contributed by atoms with Crippen LogP contribution in [0.4, 0.5) is 5.69 Å². The maximum absolute atomic E-state index is 12.2. The lowest BCUT2D eigenvalue weighted by atomic mass is 10.2. The zero-order valence-electron chi connectivity index (χ0n) is 10.7. The van der Waals surface area contributed by atoms with Crippen LogP contribution in [0.1, 0.15) is 11.1 Å². The molecule has 2 rings (SSSR count). The van der Waals surface area contributed by atoms with Gasteiger partial charge in [0.15, 0.2) is 0 Å². The van der Waals surface area contributed by atoms with Gasteiger partial charge in [-0.05, 0) is 42.8 Å². The maximum atomic E-state index is 12.2. The first-order valence-electron chi connectivity index (χ1n) is 5.75. The summed E-state index contributed by atoms with van der Waals surface area (Å²) in [7, 11) is -3.80. The third-order valence-corrected chi connectivity index (χ3v) is 4.16. The Bertz CT molecular complexity index is 775. The van der Waals surface area contributed by atoms with E-state index in [1.165, 1.54) is 30.3 Å². The van der Waals surface area contributed by atoms with Gasteiger partial charge in [0.1, 0.15) is 5.75 Å². The van der Waals surface area contributed by atoms with Gasteiger partial charge in [-0.1, -0.05) is 12.1 Å². The molecule has 2 aromatic rings. The van der Waals surface area contributed by atoms with Crippen LogP contribution in [0.5, 0.6) is 5.75 Å². The molecule has 6 heteroatoms. The van der Waals surface area contributed by atoms with Crippen molar-refractivity contribution in [3.63, 3.8) is 0 Å². The molecular formula is C14H12N2O3S. The molecule has 0 saturated carbocycles. The van der Waals surface area contributed by atoms with Crippen LogP contribution >= 0.6 is 0 Å². The van der Waals surface area contributed by atoms with Crippen LogP contribution in [-0.4, -0.2) is 13.5 Å². The molecule has 0 aromatic heterocycles. The average molecular weight is 288 g/mol. The Morgan fingerprint density at radius 3 is 2.40 bits per heavy atom. The molecule has 102 valence electrons. The van der Waals surface area contributed by atoms with Gasteiger partial charge >= 0.3 is 0 Å². The Kier molecular flexibility index (Phi) is 3.63. The summed E-state index contributed by atoms with van der Waals surface area (Å²) in [5.74, 6) is -0.107. The first-order chi connectivity index (χ1) is 9.44. The third kappa shape index (κ3) is 2.73. The monoisotopic (exact) mass is 288 g/mol. The Morgan fingerprint density at radius 1 is 1.15 bits per heavy atom. The number of benzene rings is 2. The minimum atomic E-state index is -3.80. The summed E-state index contributed by atoms with van der Waals surface area (Å²) in [5, 5.41) is 18.5. The number of aromatic hydroxyl groups is 1. The van der Waals surface area contributed by atoms with Crippen molar-refractivity contribution in [1.82, 2.24) is 0 Å². The summed E-state index contributed by atoms with van der Waals surface area (Å²) in [4.78, 5) is 0.0254.